The minimum absolute atomic E-state index is 0.187. The van der Waals surface area contributed by atoms with Crippen molar-refractivity contribution in [2.24, 2.45) is 0 Å². The predicted octanol–water partition coefficient (Wildman–Crippen LogP) is 1.61. The standard InChI is InChI=1S/C19H25N3O4/c1-12(16(23)20-14-6-7-14)22-17(24)19(2,21-18(22)25)11-10-13-4-8-15(26-3)9-5-13/h4-5,8-9,12,14H,6-7,10-11H2,1-3H3,(H,20,23)(H,21,25). The number of urea groups is 1. The molecular weight excluding hydrogens is 334 g/mol. The van der Waals surface area contributed by atoms with Crippen molar-refractivity contribution >= 4 is 17.8 Å². The molecule has 1 saturated heterocycles. The number of imide groups is 1. The highest BCUT2D eigenvalue weighted by molar-refractivity contribution is 6.09. The molecular formula is C19H25N3O4. The van der Waals surface area contributed by atoms with Crippen LogP contribution in [0.5, 0.6) is 5.75 Å². The number of amides is 4. The van der Waals surface area contributed by atoms with Crippen molar-refractivity contribution in [2.45, 2.75) is 57.2 Å². The first kappa shape index (κ1) is 18.2. The van der Waals surface area contributed by atoms with E-state index in [2.05, 4.69) is 10.6 Å². The maximum atomic E-state index is 12.8. The van der Waals surface area contributed by atoms with Gasteiger partial charge < -0.3 is 15.4 Å². The summed E-state index contributed by atoms with van der Waals surface area (Å²) in [5.74, 6) is 0.136. The van der Waals surface area contributed by atoms with Gasteiger partial charge in [-0.1, -0.05) is 12.1 Å². The molecule has 0 radical (unpaired) electrons. The molecule has 1 aromatic carbocycles. The lowest BCUT2D eigenvalue weighted by Crippen LogP contribution is -2.50. The molecule has 140 valence electrons. The van der Waals surface area contributed by atoms with Crippen LogP contribution in [0.15, 0.2) is 24.3 Å². The molecule has 2 N–H and O–H groups in total. The quantitative estimate of drug-likeness (QED) is 0.724. The van der Waals surface area contributed by atoms with E-state index in [1.165, 1.54) is 0 Å². The van der Waals surface area contributed by atoms with Crippen molar-refractivity contribution in [3.8, 4) is 5.75 Å². The number of carbonyl (C=O) groups is 3. The number of nitrogens with zero attached hydrogens (tertiary/aromatic N) is 1. The largest absolute Gasteiger partial charge is 0.497 e. The van der Waals surface area contributed by atoms with E-state index in [1.807, 2.05) is 24.3 Å². The Morgan fingerprint density at radius 3 is 2.58 bits per heavy atom. The monoisotopic (exact) mass is 359 g/mol. The van der Waals surface area contributed by atoms with Crippen molar-refractivity contribution < 1.29 is 19.1 Å². The molecule has 1 aliphatic carbocycles. The predicted molar refractivity (Wildman–Crippen MR) is 95.7 cm³/mol. The molecule has 2 atom stereocenters. The van der Waals surface area contributed by atoms with Crippen LogP contribution in [0, 0.1) is 0 Å². The van der Waals surface area contributed by atoms with Crippen LogP contribution in [0.25, 0.3) is 0 Å². The van der Waals surface area contributed by atoms with Gasteiger partial charge in [0, 0.05) is 6.04 Å². The van der Waals surface area contributed by atoms with Crippen molar-refractivity contribution in [3.05, 3.63) is 29.8 Å². The first-order chi connectivity index (χ1) is 12.3. The third-order valence-electron chi connectivity index (χ3n) is 5.06. The van der Waals surface area contributed by atoms with Gasteiger partial charge in [0.1, 0.15) is 17.3 Å². The molecule has 2 fully saturated rings. The van der Waals surface area contributed by atoms with E-state index in [1.54, 1.807) is 21.0 Å². The first-order valence-electron chi connectivity index (χ1n) is 8.93. The summed E-state index contributed by atoms with van der Waals surface area (Å²) in [5.41, 5.74) is 0.0394. The van der Waals surface area contributed by atoms with Crippen LogP contribution in [-0.4, -0.2) is 47.5 Å². The molecule has 1 aliphatic heterocycles. The maximum Gasteiger partial charge on any atom is 0.325 e. The number of ether oxygens (including phenoxy) is 1. The second kappa shape index (κ2) is 6.97. The van der Waals surface area contributed by atoms with Crippen molar-refractivity contribution in [1.82, 2.24) is 15.5 Å². The number of nitrogens with one attached hydrogen (secondary N) is 2. The van der Waals surface area contributed by atoms with E-state index in [4.69, 9.17) is 4.74 Å². The summed E-state index contributed by atoms with van der Waals surface area (Å²) in [5, 5.41) is 5.60. The lowest BCUT2D eigenvalue weighted by molar-refractivity contribution is -0.137. The molecule has 7 heteroatoms. The molecule has 1 saturated carbocycles. The highest BCUT2D eigenvalue weighted by atomic mass is 16.5. The zero-order valence-corrected chi connectivity index (χ0v) is 15.4. The summed E-state index contributed by atoms with van der Waals surface area (Å²) in [6.07, 6.45) is 3.00. The number of hydrogen-bond donors (Lipinski definition) is 2. The molecule has 26 heavy (non-hydrogen) atoms. The third-order valence-corrected chi connectivity index (χ3v) is 5.06. The van der Waals surface area contributed by atoms with E-state index in [0.717, 1.165) is 29.1 Å². The Morgan fingerprint density at radius 1 is 1.35 bits per heavy atom. The highest BCUT2D eigenvalue weighted by Gasteiger charge is 2.50. The van der Waals surface area contributed by atoms with Crippen molar-refractivity contribution in [2.75, 3.05) is 7.11 Å². The number of aryl methyl sites for hydroxylation is 1. The summed E-state index contributed by atoms with van der Waals surface area (Å²) in [4.78, 5) is 38.5. The van der Waals surface area contributed by atoms with Crippen LogP contribution < -0.4 is 15.4 Å². The fraction of sp³-hybridized carbons (Fsp3) is 0.526. The Bertz CT molecular complexity index is 714. The molecule has 1 aromatic rings. The maximum absolute atomic E-state index is 12.8. The lowest BCUT2D eigenvalue weighted by Gasteiger charge is -2.24. The van der Waals surface area contributed by atoms with E-state index in [0.29, 0.717) is 12.8 Å². The summed E-state index contributed by atoms with van der Waals surface area (Å²) in [7, 11) is 1.61. The number of hydrogen-bond acceptors (Lipinski definition) is 4. The molecule has 0 bridgehead atoms. The lowest BCUT2D eigenvalue weighted by atomic mass is 9.93. The second-order valence-electron chi connectivity index (χ2n) is 7.24. The Balaban J connectivity index is 1.64. The van der Waals surface area contributed by atoms with Crippen LogP contribution in [0.2, 0.25) is 0 Å². The van der Waals surface area contributed by atoms with Gasteiger partial charge in [-0.05, 0) is 57.2 Å². The molecule has 0 aromatic heterocycles. The minimum Gasteiger partial charge on any atom is -0.497 e. The van der Waals surface area contributed by atoms with Gasteiger partial charge in [-0.3, -0.25) is 9.59 Å². The van der Waals surface area contributed by atoms with Crippen LogP contribution in [-0.2, 0) is 16.0 Å². The fourth-order valence-corrected chi connectivity index (χ4v) is 3.08. The Morgan fingerprint density at radius 2 is 2.00 bits per heavy atom. The van der Waals surface area contributed by atoms with E-state index < -0.39 is 17.6 Å². The van der Waals surface area contributed by atoms with Crippen LogP contribution in [0.4, 0.5) is 4.79 Å². The van der Waals surface area contributed by atoms with Gasteiger partial charge in [0.15, 0.2) is 0 Å². The Labute approximate surface area is 153 Å². The minimum atomic E-state index is -1.01. The summed E-state index contributed by atoms with van der Waals surface area (Å²) < 4.78 is 5.14. The summed E-state index contributed by atoms with van der Waals surface area (Å²) in [6.45, 7) is 3.30. The average molecular weight is 359 g/mol. The first-order valence-corrected chi connectivity index (χ1v) is 8.93. The topological polar surface area (TPSA) is 87.7 Å². The van der Waals surface area contributed by atoms with Gasteiger partial charge in [0.25, 0.3) is 5.91 Å². The zero-order valence-electron chi connectivity index (χ0n) is 15.4. The molecule has 4 amide bonds. The normalized spacial score (nSPS) is 23.6. The van der Waals surface area contributed by atoms with E-state index in [-0.39, 0.29) is 17.9 Å². The van der Waals surface area contributed by atoms with Crippen LogP contribution >= 0.6 is 0 Å². The van der Waals surface area contributed by atoms with Gasteiger partial charge in [-0.25, -0.2) is 9.69 Å². The van der Waals surface area contributed by atoms with E-state index in [9.17, 15) is 14.4 Å². The van der Waals surface area contributed by atoms with Crippen LogP contribution in [0.1, 0.15) is 38.7 Å². The van der Waals surface area contributed by atoms with Gasteiger partial charge >= 0.3 is 6.03 Å². The van der Waals surface area contributed by atoms with Gasteiger partial charge in [-0.15, -0.1) is 0 Å². The van der Waals surface area contributed by atoms with Crippen molar-refractivity contribution in [1.29, 1.82) is 0 Å². The second-order valence-corrected chi connectivity index (χ2v) is 7.24. The average Bonchev–Trinajstić information content (AvgIpc) is 3.40. The van der Waals surface area contributed by atoms with Gasteiger partial charge in [-0.2, -0.15) is 0 Å². The van der Waals surface area contributed by atoms with Gasteiger partial charge in [0.2, 0.25) is 5.91 Å². The molecule has 2 unspecified atom stereocenters. The Hall–Kier alpha value is -2.57. The highest BCUT2D eigenvalue weighted by Crippen LogP contribution is 2.26. The summed E-state index contributed by atoms with van der Waals surface area (Å²) >= 11 is 0. The van der Waals surface area contributed by atoms with Crippen LogP contribution in [0.3, 0.4) is 0 Å². The molecule has 1 heterocycles. The zero-order chi connectivity index (χ0) is 18.9. The molecule has 0 spiro atoms. The molecule has 2 aliphatic rings. The number of benzene rings is 1. The smallest absolute Gasteiger partial charge is 0.325 e. The Kier molecular flexibility index (Phi) is 4.89. The van der Waals surface area contributed by atoms with Crippen molar-refractivity contribution in [3.63, 3.8) is 0 Å². The SMILES string of the molecule is COc1ccc(CCC2(C)NC(=O)N(C(C)C(=O)NC3CC3)C2=O)cc1. The fourth-order valence-electron chi connectivity index (χ4n) is 3.08. The molecule has 3 rings (SSSR count). The number of methoxy groups -OCH3 is 1. The van der Waals surface area contributed by atoms with E-state index >= 15 is 0 Å². The third kappa shape index (κ3) is 3.66. The molecule has 7 nitrogen and oxygen atoms in total. The number of rotatable bonds is 7. The van der Waals surface area contributed by atoms with Gasteiger partial charge in [0.05, 0.1) is 7.11 Å². The number of carbonyl (C=O) groups excluding carboxylic acids is 3. The summed E-state index contributed by atoms with van der Waals surface area (Å²) in [6, 6.07) is 6.47.